The molecule has 0 atom stereocenters. The topological polar surface area (TPSA) is 44.9 Å². The number of aromatic nitrogens is 1. The average molecular weight is 373 g/mol. The fourth-order valence-electron chi connectivity index (χ4n) is 3.17. The predicted molar refractivity (Wildman–Crippen MR) is 105 cm³/mol. The number of nitrogens with one attached hydrogen (secondary N) is 2. The van der Waals surface area contributed by atoms with E-state index in [1.807, 2.05) is 44.2 Å². The first-order chi connectivity index (χ1) is 12.5. The van der Waals surface area contributed by atoms with Crippen LogP contribution in [-0.4, -0.2) is 16.4 Å². The molecule has 0 bridgehead atoms. The first-order valence-corrected chi connectivity index (χ1v) is 9.09. The zero-order chi connectivity index (χ0) is 18.7. The molecular formula is C21H22ClFN2O. The van der Waals surface area contributed by atoms with Crippen molar-refractivity contribution in [2.75, 3.05) is 0 Å². The van der Waals surface area contributed by atoms with E-state index in [0.717, 1.165) is 18.4 Å². The van der Waals surface area contributed by atoms with Gasteiger partial charge in [-0.15, -0.1) is 0 Å². The molecule has 26 heavy (non-hydrogen) atoms. The molecule has 1 heterocycles. The Morgan fingerprint density at radius 2 is 2.08 bits per heavy atom. The van der Waals surface area contributed by atoms with Crippen molar-refractivity contribution in [2.24, 2.45) is 0 Å². The largest absolute Gasteiger partial charge is 0.356 e. The number of carbonyl (C=O) groups is 1. The minimum absolute atomic E-state index is 0.0866. The van der Waals surface area contributed by atoms with E-state index >= 15 is 0 Å². The lowest BCUT2D eigenvalue weighted by atomic mass is 10.0. The SMILES string of the molecule is C\C=C/C=C(\C=C/C)C1(NC(=O)Cc2cc3cc(Cl)cc(F)c3[nH]2)CC1. The van der Waals surface area contributed by atoms with Gasteiger partial charge in [0.1, 0.15) is 5.82 Å². The monoisotopic (exact) mass is 372 g/mol. The van der Waals surface area contributed by atoms with Gasteiger partial charge in [-0.1, -0.05) is 42.0 Å². The number of H-pyrrole nitrogens is 1. The van der Waals surface area contributed by atoms with Gasteiger partial charge in [0.2, 0.25) is 5.91 Å². The predicted octanol–water partition coefficient (Wildman–Crippen LogP) is 5.23. The second kappa shape index (κ2) is 7.50. The lowest BCUT2D eigenvalue weighted by Gasteiger charge is -2.19. The van der Waals surface area contributed by atoms with E-state index in [9.17, 15) is 9.18 Å². The molecule has 136 valence electrons. The van der Waals surface area contributed by atoms with Crippen LogP contribution < -0.4 is 5.32 Å². The summed E-state index contributed by atoms with van der Waals surface area (Å²) in [6.07, 6.45) is 12.0. The van der Waals surface area contributed by atoms with Crippen LogP contribution in [0.3, 0.4) is 0 Å². The molecule has 5 heteroatoms. The third-order valence-corrected chi connectivity index (χ3v) is 4.77. The molecule has 1 aromatic carbocycles. The maximum Gasteiger partial charge on any atom is 0.226 e. The van der Waals surface area contributed by atoms with E-state index in [-0.39, 0.29) is 17.9 Å². The molecule has 1 aliphatic rings. The van der Waals surface area contributed by atoms with E-state index in [2.05, 4.69) is 10.3 Å². The molecule has 1 aromatic heterocycles. The summed E-state index contributed by atoms with van der Waals surface area (Å²) in [5.41, 5.74) is 1.85. The number of amides is 1. The quantitative estimate of drug-likeness (QED) is 0.670. The van der Waals surface area contributed by atoms with Crippen molar-refractivity contribution in [1.82, 2.24) is 10.3 Å². The van der Waals surface area contributed by atoms with E-state index in [1.165, 1.54) is 6.07 Å². The van der Waals surface area contributed by atoms with Crippen LogP contribution in [0.2, 0.25) is 5.02 Å². The third-order valence-electron chi connectivity index (χ3n) is 4.55. The Morgan fingerprint density at radius 1 is 1.31 bits per heavy atom. The number of fused-ring (bicyclic) bond motifs is 1. The van der Waals surface area contributed by atoms with Gasteiger partial charge in [-0.05, 0) is 50.5 Å². The van der Waals surface area contributed by atoms with Crippen LogP contribution in [0.15, 0.2) is 54.2 Å². The first-order valence-electron chi connectivity index (χ1n) is 8.71. The van der Waals surface area contributed by atoms with Crippen molar-refractivity contribution < 1.29 is 9.18 Å². The van der Waals surface area contributed by atoms with E-state index in [1.54, 1.807) is 12.1 Å². The Balaban J connectivity index is 1.75. The molecule has 0 saturated heterocycles. The van der Waals surface area contributed by atoms with E-state index < -0.39 is 5.82 Å². The maximum atomic E-state index is 14.0. The van der Waals surface area contributed by atoms with Crippen molar-refractivity contribution in [3.63, 3.8) is 0 Å². The number of halogens is 2. The van der Waals surface area contributed by atoms with Gasteiger partial charge in [0, 0.05) is 16.1 Å². The van der Waals surface area contributed by atoms with Crippen molar-refractivity contribution in [2.45, 2.75) is 38.6 Å². The number of benzene rings is 1. The van der Waals surface area contributed by atoms with Crippen LogP contribution in [0.1, 0.15) is 32.4 Å². The maximum absolute atomic E-state index is 14.0. The van der Waals surface area contributed by atoms with Gasteiger partial charge >= 0.3 is 0 Å². The van der Waals surface area contributed by atoms with Gasteiger partial charge in [0.05, 0.1) is 17.5 Å². The first kappa shape index (κ1) is 18.5. The smallest absolute Gasteiger partial charge is 0.226 e. The van der Waals surface area contributed by atoms with Crippen molar-refractivity contribution >= 4 is 28.4 Å². The van der Waals surface area contributed by atoms with Gasteiger partial charge in [0.15, 0.2) is 0 Å². The molecule has 0 radical (unpaired) electrons. The molecule has 0 aliphatic heterocycles. The summed E-state index contributed by atoms with van der Waals surface area (Å²) >= 11 is 5.89. The Hall–Kier alpha value is -2.33. The minimum Gasteiger partial charge on any atom is -0.356 e. The standard InChI is InChI=1S/C21H22ClFN2O/c1-3-5-7-15(6-4-2)21(8-9-21)25-19(26)13-17-11-14-10-16(22)12-18(23)20(14)24-17/h3-7,10-12,24H,8-9,13H2,1-2H3,(H,25,26)/b5-3-,6-4-,15-7+. The van der Waals surface area contributed by atoms with Crippen molar-refractivity contribution in [3.05, 3.63) is 70.7 Å². The second-order valence-electron chi connectivity index (χ2n) is 6.60. The third kappa shape index (κ3) is 3.91. The van der Waals surface area contributed by atoms with E-state index in [4.69, 9.17) is 11.6 Å². The average Bonchev–Trinajstić information content (AvgIpc) is 3.23. The number of carbonyl (C=O) groups excluding carboxylic acids is 1. The molecule has 1 fully saturated rings. The fourth-order valence-corrected chi connectivity index (χ4v) is 3.38. The summed E-state index contributed by atoms with van der Waals surface area (Å²) in [6.45, 7) is 3.93. The Labute approximate surface area is 157 Å². The second-order valence-corrected chi connectivity index (χ2v) is 7.04. The molecule has 3 rings (SSSR count). The number of allylic oxidation sites excluding steroid dienone is 4. The molecule has 0 unspecified atom stereocenters. The minimum atomic E-state index is -0.414. The molecule has 0 spiro atoms. The highest BCUT2D eigenvalue weighted by Crippen LogP contribution is 2.43. The Morgan fingerprint density at radius 3 is 2.73 bits per heavy atom. The molecule has 1 amide bonds. The highest BCUT2D eigenvalue weighted by molar-refractivity contribution is 6.31. The molecule has 3 nitrogen and oxygen atoms in total. The number of hydrogen-bond donors (Lipinski definition) is 2. The summed E-state index contributed by atoms with van der Waals surface area (Å²) in [6, 6.07) is 4.72. The summed E-state index contributed by atoms with van der Waals surface area (Å²) in [5, 5.41) is 4.16. The lowest BCUT2D eigenvalue weighted by Crippen LogP contribution is -2.39. The molecular weight excluding hydrogens is 351 g/mol. The Bertz CT molecular complexity index is 919. The van der Waals surface area contributed by atoms with Crippen LogP contribution in [0.4, 0.5) is 4.39 Å². The summed E-state index contributed by atoms with van der Waals surface area (Å²) in [5.74, 6) is -0.501. The highest BCUT2D eigenvalue weighted by Gasteiger charge is 2.46. The normalized spacial score (nSPS) is 16.7. The molecule has 2 aromatic rings. The summed E-state index contributed by atoms with van der Waals surface area (Å²) < 4.78 is 14.0. The zero-order valence-corrected chi connectivity index (χ0v) is 15.7. The van der Waals surface area contributed by atoms with E-state index in [0.29, 0.717) is 21.6 Å². The van der Waals surface area contributed by atoms with Crippen molar-refractivity contribution in [1.29, 1.82) is 0 Å². The molecule has 1 saturated carbocycles. The van der Waals surface area contributed by atoms with Gasteiger partial charge in [0.25, 0.3) is 0 Å². The lowest BCUT2D eigenvalue weighted by molar-refractivity contribution is -0.121. The number of rotatable bonds is 6. The van der Waals surface area contributed by atoms with Gasteiger partial charge < -0.3 is 10.3 Å². The summed E-state index contributed by atoms with van der Waals surface area (Å²) in [7, 11) is 0. The zero-order valence-electron chi connectivity index (χ0n) is 14.9. The van der Waals surface area contributed by atoms with Crippen LogP contribution in [0.5, 0.6) is 0 Å². The highest BCUT2D eigenvalue weighted by atomic mass is 35.5. The van der Waals surface area contributed by atoms with Gasteiger partial charge in [-0.3, -0.25) is 4.79 Å². The Kier molecular flexibility index (Phi) is 5.33. The summed E-state index contributed by atoms with van der Waals surface area (Å²) in [4.78, 5) is 15.5. The van der Waals surface area contributed by atoms with Crippen LogP contribution in [-0.2, 0) is 11.2 Å². The number of hydrogen-bond acceptors (Lipinski definition) is 1. The van der Waals surface area contributed by atoms with Gasteiger partial charge in [-0.2, -0.15) is 0 Å². The number of aromatic amines is 1. The van der Waals surface area contributed by atoms with Crippen molar-refractivity contribution in [3.8, 4) is 0 Å². The van der Waals surface area contributed by atoms with Crippen LogP contribution in [0, 0.1) is 5.82 Å². The molecule has 1 aliphatic carbocycles. The molecule has 2 N–H and O–H groups in total. The van der Waals surface area contributed by atoms with Crippen LogP contribution in [0.25, 0.3) is 10.9 Å². The fraction of sp³-hybridized carbons (Fsp3) is 0.286. The van der Waals surface area contributed by atoms with Crippen LogP contribution >= 0.6 is 11.6 Å². The van der Waals surface area contributed by atoms with Gasteiger partial charge in [-0.25, -0.2) is 4.39 Å².